The van der Waals surface area contributed by atoms with Crippen molar-refractivity contribution in [3.63, 3.8) is 0 Å². The van der Waals surface area contributed by atoms with Gasteiger partial charge in [-0.25, -0.2) is 9.67 Å². The van der Waals surface area contributed by atoms with Crippen molar-refractivity contribution in [3.05, 3.63) is 54.3 Å². The molecule has 0 saturated heterocycles. The average molecular weight is 255 g/mol. The molecule has 0 fully saturated rings. The lowest BCUT2D eigenvalue weighted by Crippen LogP contribution is -2.00. The van der Waals surface area contributed by atoms with Crippen LogP contribution in [0, 0.1) is 0 Å². The Kier molecular flexibility index (Phi) is 3.07. The van der Waals surface area contributed by atoms with Crippen LogP contribution in [0.5, 0.6) is 0 Å². The van der Waals surface area contributed by atoms with Gasteiger partial charge in [0, 0.05) is 12.1 Å². The van der Waals surface area contributed by atoms with Crippen LogP contribution in [0.1, 0.15) is 11.6 Å². The van der Waals surface area contributed by atoms with E-state index < -0.39 is 0 Å². The minimum absolute atomic E-state index is 0.376. The van der Waals surface area contributed by atoms with Gasteiger partial charge in [0.05, 0.1) is 18.1 Å². The quantitative estimate of drug-likeness (QED) is 0.762. The maximum absolute atomic E-state index is 5.69. The third kappa shape index (κ3) is 2.53. The van der Waals surface area contributed by atoms with E-state index in [4.69, 9.17) is 10.2 Å². The van der Waals surface area contributed by atoms with Gasteiger partial charge < -0.3 is 10.2 Å². The minimum atomic E-state index is 0.376. The third-order valence-electron chi connectivity index (χ3n) is 2.70. The summed E-state index contributed by atoms with van der Waals surface area (Å²) >= 11 is 0. The Bertz CT molecular complexity index is 658. The number of rotatable bonds is 4. The van der Waals surface area contributed by atoms with E-state index in [1.54, 1.807) is 17.1 Å². The van der Waals surface area contributed by atoms with Gasteiger partial charge in [-0.1, -0.05) is 35.5 Å². The molecule has 0 aliphatic carbocycles. The summed E-state index contributed by atoms with van der Waals surface area (Å²) < 4.78 is 7.34. The molecule has 0 radical (unpaired) electrons. The van der Waals surface area contributed by atoms with Crippen LogP contribution < -0.4 is 5.73 Å². The van der Waals surface area contributed by atoms with E-state index in [0.717, 1.165) is 17.0 Å². The lowest BCUT2D eigenvalue weighted by atomic mass is 10.2. The van der Waals surface area contributed by atoms with Crippen LogP contribution in [0.15, 0.2) is 47.1 Å². The lowest BCUT2D eigenvalue weighted by molar-refractivity contribution is 0.469. The highest BCUT2D eigenvalue weighted by Crippen LogP contribution is 2.19. The molecule has 6 heteroatoms. The molecule has 2 heterocycles. The molecule has 0 bridgehead atoms. The molecule has 19 heavy (non-hydrogen) atoms. The maximum Gasteiger partial charge on any atom is 0.216 e. The Morgan fingerprint density at radius 1 is 1.21 bits per heavy atom. The molecule has 0 atom stereocenters. The molecular formula is C13H13N5O. The molecule has 0 unspecified atom stereocenters. The molecule has 2 N–H and O–H groups in total. The molecule has 1 aromatic carbocycles. The molecule has 0 spiro atoms. The summed E-state index contributed by atoms with van der Waals surface area (Å²) in [6.45, 7) is 0.820. The topological polar surface area (TPSA) is 82.8 Å². The second kappa shape index (κ2) is 5.03. The number of nitrogens with two attached hydrogens (primary N) is 1. The zero-order valence-electron chi connectivity index (χ0n) is 10.2. The Labute approximate surface area is 109 Å². The van der Waals surface area contributed by atoms with Crippen LogP contribution in [-0.2, 0) is 13.1 Å². The van der Waals surface area contributed by atoms with Crippen molar-refractivity contribution < 1.29 is 4.42 Å². The van der Waals surface area contributed by atoms with Crippen molar-refractivity contribution in [2.75, 3.05) is 0 Å². The SMILES string of the molecule is NCc1cn(Cc2ncc(-c3ccccc3)o2)nn1. The van der Waals surface area contributed by atoms with Gasteiger partial charge in [-0.3, -0.25) is 0 Å². The predicted octanol–water partition coefficient (Wildman–Crippen LogP) is 1.44. The fourth-order valence-electron chi connectivity index (χ4n) is 1.77. The van der Waals surface area contributed by atoms with Crippen molar-refractivity contribution in [1.82, 2.24) is 20.0 Å². The van der Waals surface area contributed by atoms with Gasteiger partial charge in [0.15, 0.2) is 5.76 Å². The minimum Gasteiger partial charge on any atom is -0.439 e. The van der Waals surface area contributed by atoms with Crippen LogP contribution in [0.4, 0.5) is 0 Å². The van der Waals surface area contributed by atoms with Gasteiger partial charge in [0.25, 0.3) is 0 Å². The van der Waals surface area contributed by atoms with Crippen LogP contribution in [0.2, 0.25) is 0 Å². The van der Waals surface area contributed by atoms with Crippen molar-refractivity contribution in [3.8, 4) is 11.3 Å². The summed E-state index contributed by atoms with van der Waals surface area (Å²) in [4.78, 5) is 4.24. The molecule has 0 aliphatic heterocycles. The van der Waals surface area contributed by atoms with Crippen molar-refractivity contribution in [2.24, 2.45) is 5.73 Å². The number of benzene rings is 1. The smallest absolute Gasteiger partial charge is 0.216 e. The first-order chi connectivity index (χ1) is 9.35. The monoisotopic (exact) mass is 255 g/mol. The molecule has 0 amide bonds. The summed E-state index contributed by atoms with van der Waals surface area (Å²) in [6.07, 6.45) is 3.50. The summed E-state index contributed by atoms with van der Waals surface area (Å²) in [5.41, 5.74) is 7.23. The standard InChI is InChI=1S/C13H13N5O/c14-6-11-8-18(17-16-11)9-13-15-7-12(19-13)10-4-2-1-3-5-10/h1-5,7-8H,6,9,14H2. The van der Waals surface area contributed by atoms with Crippen molar-refractivity contribution in [1.29, 1.82) is 0 Å². The molecule has 0 aliphatic rings. The van der Waals surface area contributed by atoms with E-state index >= 15 is 0 Å². The van der Waals surface area contributed by atoms with E-state index in [-0.39, 0.29) is 0 Å². The largest absolute Gasteiger partial charge is 0.439 e. The second-order valence-corrected chi connectivity index (χ2v) is 4.10. The van der Waals surface area contributed by atoms with Crippen LogP contribution >= 0.6 is 0 Å². The molecule has 3 rings (SSSR count). The normalized spacial score (nSPS) is 10.8. The van der Waals surface area contributed by atoms with Gasteiger partial charge in [0.2, 0.25) is 5.89 Å². The molecule has 96 valence electrons. The Morgan fingerprint density at radius 3 is 2.79 bits per heavy atom. The van der Waals surface area contributed by atoms with E-state index in [9.17, 15) is 0 Å². The van der Waals surface area contributed by atoms with E-state index in [1.807, 2.05) is 30.3 Å². The number of hydrogen-bond acceptors (Lipinski definition) is 5. The Hall–Kier alpha value is -2.47. The summed E-state index contributed by atoms with van der Waals surface area (Å²) in [6, 6.07) is 9.84. The molecule has 3 aromatic rings. The van der Waals surface area contributed by atoms with Gasteiger partial charge in [0.1, 0.15) is 6.54 Å². The molecule has 2 aromatic heterocycles. The lowest BCUT2D eigenvalue weighted by Gasteiger charge is -1.96. The first kappa shape index (κ1) is 11.6. The maximum atomic E-state index is 5.69. The zero-order valence-corrected chi connectivity index (χ0v) is 10.2. The summed E-state index contributed by atoms with van der Waals surface area (Å²) in [5.74, 6) is 1.34. The van der Waals surface area contributed by atoms with Gasteiger partial charge in [-0.2, -0.15) is 0 Å². The zero-order chi connectivity index (χ0) is 13.1. The van der Waals surface area contributed by atoms with Crippen molar-refractivity contribution >= 4 is 0 Å². The van der Waals surface area contributed by atoms with Gasteiger partial charge in [-0.15, -0.1) is 5.10 Å². The van der Waals surface area contributed by atoms with E-state index in [2.05, 4.69) is 15.3 Å². The highest BCUT2D eigenvalue weighted by atomic mass is 16.4. The molecule has 0 saturated carbocycles. The summed E-state index contributed by atoms with van der Waals surface area (Å²) in [5, 5.41) is 7.87. The predicted molar refractivity (Wildman–Crippen MR) is 69.0 cm³/mol. The highest BCUT2D eigenvalue weighted by molar-refractivity contribution is 5.55. The average Bonchev–Trinajstić information content (AvgIpc) is 3.09. The van der Waals surface area contributed by atoms with E-state index in [1.165, 1.54) is 0 Å². The van der Waals surface area contributed by atoms with Crippen LogP contribution in [0.25, 0.3) is 11.3 Å². The van der Waals surface area contributed by atoms with Gasteiger partial charge >= 0.3 is 0 Å². The highest BCUT2D eigenvalue weighted by Gasteiger charge is 2.07. The molecular weight excluding hydrogens is 242 g/mol. The van der Waals surface area contributed by atoms with Crippen LogP contribution in [-0.4, -0.2) is 20.0 Å². The fourth-order valence-corrected chi connectivity index (χ4v) is 1.77. The first-order valence-electron chi connectivity index (χ1n) is 5.94. The number of oxazole rings is 1. The first-order valence-corrected chi connectivity index (χ1v) is 5.94. The number of aromatic nitrogens is 4. The number of nitrogens with zero attached hydrogens (tertiary/aromatic N) is 4. The fraction of sp³-hybridized carbons (Fsp3) is 0.154. The van der Waals surface area contributed by atoms with Gasteiger partial charge in [-0.05, 0) is 0 Å². The molecule has 6 nitrogen and oxygen atoms in total. The number of hydrogen-bond donors (Lipinski definition) is 1. The van der Waals surface area contributed by atoms with E-state index in [0.29, 0.717) is 19.0 Å². The Morgan fingerprint density at radius 2 is 2.05 bits per heavy atom. The van der Waals surface area contributed by atoms with Crippen LogP contribution in [0.3, 0.4) is 0 Å². The summed E-state index contributed by atoms with van der Waals surface area (Å²) in [7, 11) is 0. The Balaban J connectivity index is 1.78. The van der Waals surface area contributed by atoms with Crippen molar-refractivity contribution in [2.45, 2.75) is 13.1 Å². The third-order valence-corrected chi connectivity index (χ3v) is 2.70. The second-order valence-electron chi connectivity index (χ2n) is 4.10.